The largest absolute Gasteiger partial charge is 0.444 e. The quantitative estimate of drug-likeness (QED) is 0.348. The molecule has 2 aliphatic heterocycles. The van der Waals surface area contributed by atoms with Crippen molar-refractivity contribution in [1.82, 2.24) is 20.9 Å². The van der Waals surface area contributed by atoms with Gasteiger partial charge in [-0.1, -0.05) is 18.6 Å². The molecule has 4 aliphatic rings. The Morgan fingerprint density at radius 2 is 1.79 bits per heavy atom. The fourth-order valence-electron chi connectivity index (χ4n) is 7.85. The van der Waals surface area contributed by atoms with Gasteiger partial charge in [-0.3, -0.25) is 4.90 Å². The molecule has 4 fully saturated rings. The monoisotopic (exact) mass is 588 g/mol. The molecular weight excluding hydrogens is 539 g/mol. The predicted molar refractivity (Wildman–Crippen MR) is 157 cm³/mol. The van der Waals surface area contributed by atoms with Gasteiger partial charge in [0.15, 0.2) is 6.79 Å². The Bertz CT molecular complexity index is 1070. The third-order valence-electron chi connectivity index (χ3n) is 9.61. The molecule has 42 heavy (non-hydrogen) atoms. The predicted octanol–water partition coefficient (Wildman–Crippen LogP) is 5.04. The molecule has 5 atom stereocenters. The van der Waals surface area contributed by atoms with Gasteiger partial charge in [-0.2, -0.15) is 0 Å². The number of hydrogen-bond donors (Lipinski definition) is 3. The van der Waals surface area contributed by atoms with Gasteiger partial charge in [0, 0.05) is 31.1 Å². The Hall–Kier alpha value is -2.43. The topological polar surface area (TPSA) is 101 Å². The SMILES string of the molecule is CC(C)(C)OC(=O)N[C@H]1CCC(OCOC(=O)N[C@H]2CCC[C@@H]2C(c2cccc(F)c2)(C2CCNCC2)N2CCC2)C1. The third kappa shape index (κ3) is 7.19. The number of amides is 2. The number of nitrogens with zero attached hydrogens (tertiary/aromatic N) is 1. The van der Waals surface area contributed by atoms with E-state index < -0.39 is 17.8 Å². The van der Waals surface area contributed by atoms with E-state index in [0.717, 1.165) is 83.1 Å². The number of rotatable bonds is 9. The smallest absolute Gasteiger partial charge is 0.409 e. The highest BCUT2D eigenvalue weighted by atomic mass is 19.1. The summed E-state index contributed by atoms with van der Waals surface area (Å²) in [6.07, 6.45) is 7.28. The molecule has 0 radical (unpaired) electrons. The van der Waals surface area contributed by atoms with E-state index in [-0.39, 0.29) is 42.3 Å². The van der Waals surface area contributed by atoms with Crippen LogP contribution in [0.3, 0.4) is 0 Å². The van der Waals surface area contributed by atoms with Crippen molar-refractivity contribution in [2.45, 2.75) is 108 Å². The standard InChI is InChI=1S/C32H49FN4O5/c1-31(2,3)42-30(39)35-25-11-12-26(20-25)40-21-41-29(38)36-28-10-5-9-27(28)32(37-17-6-18-37,22-13-15-34-16-14-22)23-7-4-8-24(33)19-23/h4,7-8,19,22,25-28,34H,5-6,9-18,20-21H2,1-3H3,(H,35,39)(H,36,38)/t25-,26?,27-,28-,32?/m0/s1. The highest BCUT2D eigenvalue weighted by Crippen LogP contribution is 2.53. The molecule has 9 nitrogen and oxygen atoms in total. The highest BCUT2D eigenvalue weighted by Gasteiger charge is 2.56. The number of benzene rings is 1. The zero-order valence-electron chi connectivity index (χ0n) is 25.5. The molecule has 2 aliphatic carbocycles. The molecule has 5 rings (SSSR count). The van der Waals surface area contributed by atoms with E-state index in [2.05, 4.69) is 26.9 Å². The third-order valence-corrected chi connectivity index (χ3v) is 9.61. The number of carbonyl (C=O) groups excluding carboxylic acids is 2. The van der Waals surface area contributed by atoms with Crippen LogP contribution in [0.15, 0.2) is 24.3 Å². The molecule has 0 bridgehead atoms. The van der Waals surface area contributed by atoms with Crippen LogP contribution >= 0.6 is 0 Å². The second-order valence-corrected chi connectivity index (χ2v) is 13.5. The minimum absolute atomic E-state index is 0.0228. The maximum Gasteiger partial charge on any atom is 0.409 e. The van der Waals surface area contributed by atoms with Crippen molar-refractivity contribution in [2.75, 3.05) is 33.0 Å². The van der Waals surface area contributed by atoms with Crippen LogP contribution in [0.5, 0.6) is 0 Å². The van der Waals surface area contributed by atoms with Crippen LogP contribution in [0.2, 0.25) is 0 Å². The Kier molecular flexibility index (Phi) is 9.95. The van der Waals surface area contributed by atoms with Crippen LogP contribution in [0.1, 0.15) is 84.1 Å². The lowest BCUT2D eigenvalue weighted by Crippen LogP contribution is -2.64. The molecule has 10 heteroatoms. The van der Waals surface area contributed by atoms with Crippen LogP contribution < -0.4 is 16.0 Å². The number of halogens is 1. The van der Waals surface area contributed by atoms with Crippen molar-refractivity contribution < 1.29 is 28.2 Å². The van der Waals surface area contributed by atoms with Gasteiger partial charge in [0.1, 0.15) is 11.4 Å². The summed E-state index contributed by atoms with van der Waals surface area (Å²) in [5, 5.41) is 9.60. The molecule has 2 amide bonds. The van der Waals surface area contributed by atoms with E-state index in [1.54, 1.807) is 6.07 Å². The molecule has 2 saturated heterocycles. The summed E-state index contributed by atoms with van der Waals surface area (Å²) in [6, 6.07) is 7.09. The lowest BCUT2D eigenvalue weighted by atomic mass is 9.62. The summed E-state index contributed by atoms with van der Waals surface area (Å²) < 4.78 is 31.4. The maximum absolute atomic E-state index is 14.7. The molecular formula is C32H49FN4O5. The molecule has 0 spiro atoms. The second-order valence-electron chi connectivity index (χ2n) is 13.5. The summed E-state index contributed by atoms with van der Waals surface area (Å²) >= 11 is 0. The summed E-state index contributed by atoms with van der Waals surface area (Å²) in [5.74, 6) is 0.323. The van der Waals surface area contributed by atoms with E-state index >= 15 is 0 Å². The van der Waals surface area contributed by atoms with Crippen molar-refractivity contribution in [3.63, 3.8) is 0 Å². The van der Waals surface area contributed by atoms with Crippen LogP contribution in [-0.4, -0.2) is 73.8 Å². The summed E-state index contributed by atoms with van der Waals surface area (Å²) in [4.78, 5) is 27.7. The van der Waals surface area contributed by atoms with Crippen LogP contribution in [0.4, 0.5) is 14.0 Å². The summed E-state index contributed by atoms with van der Waals surface area (Å²) in [5.41, 5.74) is 0.172. The first-order valence-corrected chi connectivity index (χ1v) is 15.9. The van der Waals surface area contributed by atoms with E-state index in [1.807, 2.05) is 26.8 Å². The molecule has 2 heterocycles. The number of alkyl carbamates (subject to hydrolysis) is 2. The minimum atomic E-state index is -0.544. The zero-order valence-corrected chi connectivity index (χ0v) is 25.5. The van der Waals surface area contributed by atoms with Gasteiger partial charge in [-0.15, -0.1) is 0 Å². The number of piperidine rings is 1. The molecule has 1 aromatic rings. The highest BCUT2D eigenvalue weighted by molar-refractivity contribution is 5.68. The molecule has 2 saturated carbocycles. The minimum Gasteiger partial charge on any atom is -0.444 e. The number of nitrogens with one attached hydrogen (secondary N) is 3. The Morgan fingerprint density at radius 1 is 1.00 bits per heavy atom. The molecule has 0 aromatic heterocycles. The van der Waals surface area contributed by atoms with Gasteiger partial charge in [0.25, 0.3) is 0 Å². The van der Waals surface area contributed by atoms with Crippen LogP contribution in [0, 0.1) is 17.7 Å². The zero-order chi connectivity index (χ0) is 29.7. The van der Waals surface area contributed by atoms with Crippen molar-refractivity contribution >= 4 is 12.2 Å². The first-order chi connectivity index (χ1) is 20.1. The molecule has 1 aromatic carbocycles. The van der Waals surface area contributed by atoms with Crippen molar-refractivity contribution in [2.24, 2.45) is 11.8 Å². The molecule has 234 valence electrons. The Morgan fingerprint density at radius 3 is 2.48 bits per heavy atom. The number of carbonyl (C=O) groups is 2. The number of ether oxygens (including phenoxy) is 3. The lowest BCUT2D eigenvalue weighted by Gasteiger charge is -2.58. The van der Waals surface area contributed by atoms with E-state index in [0.29, 0.717) is 12.3 Å². The first kappa shape index (κ1) is 31.0. The van der Waals surface area contributed by atoms with Crippen molar-refractivity contribution in [1.29, 1.82) is 0 Å². The van der Waals surface area contributed by atoms with Gasteiger partial charge in [0.2, 0.25) is 0 Å². The summed E-state index contributed by atoms with van der Waals surface area (Å²) in [7, 11) is 0. The van der Waals surface area contributed by atoms with E-state index in [9.17, 15) is 14.0 Å². The van der Waals surface area contributed by atoms with Gasteiger partial charge in [0.05, 0.1) is 11.6 Å². The van der Waals surface area contributed by atoms with Crippen LogP contribution in [-0.2, 0) is 19.7 Å². The first-order valence-electron chi connectivity index (χ1n) is 15.9. The number of hydrogen-bond acceptors (Lipinski definition) is 7. The second kappa shape index (κ2) is 13.5. The fraction of sp³-hybridized carbons (Fsp3) is 0.750. The molecule has 3 N–H and O–H groups in total. The van der Waals surface area contributed by atoms with E-state index in [1.165, 1.54) is 6.07 Å². The maximum atomic E-state index is 14.7. The lowest BCUT2D eigenvalue weighted by molar-refractivity contribution is -0.0800. The van der Waals surface area contributed by atoms with Crippen LogP contribution in [0.25, 0.3) is 0 Å². The fourth-order valence-corrected chi connectivity index (χ4v) is 7.85. The van der Waals surface area contributed by atoms with Gasteiger partial charge < -0.3 is 30.2 Å². The van der Waals surface area contributed by atoms with Gasteiger partial charge >= 0.3 is 12.2 Å². The Balaban J connectivity index is 1.20. The van der Waals surface area contributed by atoms with Gasteiger partial charge in [-0.25, -0.2) is 14.0 Å². The Labute approximate surface area is 249 Å². The number of likely N-dealkylation sites (tertiary alicyclic amines) is 1. The summed E-state index contributed by atoms with van der Waals surface area (Å²) in [6.45, 7) is 9.27. The van der Waals surface area contributed by atoms with Crippen molar-refractivity contribution in [3.8, 4) is 0 Å². The normalized spacial score (nSPS) is 28.5. The van der Waals surface area contributed by atoms with Crippen molar-refractivity contribution in [3.05, 3.63) is 35.6 Å². The average molecular weight is 589 g/mol. The van der Waals surface area contributed by atoms with E-state index in [4.69, 9.17) is 14.2 Å². The average Bonchev–Trinajstić information content (AvgIpc) is 3.55. The molecule has 2 unspecified atom stereocenters. The van der Waals surface area contributed by atoms with Gasteiger partial charge in [-0.05, 0) is 109 Å².